The van der Waals surface area contributed by atoms with E-state index in [0.717, 1.165) is 5.56 Å². The summed E-state index contributed by atoms with van der Waals surface area (Å²) in [5, 5.41) is 18.0. The number of hydrogen-bond acceptors (Lipinski definition) is 3. The van der Waals surface area contributed by atoms with Crippen LogP contribution in [-0.4, -0.2) is 28.6 Å². The van der Waals surface area contributed by atoms with E-state index in [1.807, 2.05) is 18.2 Å². The van der Waals surface area contributed by atoms with E-state index in [2.05, 4.69) is 0 Å². The molecule has 2 rings (SSSR count). The van der Waals surface area contributed by atoms with Crippen LogP contribution >= 0.6 is 0 Å². The van der Waals surface area contributed by atoms with Gasteiger partial charge in [0.15, 0.2) is 0 Å². The van der Waals surface area contributed by atoms with Crippen molar-refractivity contribution in [3.8, 4) is 6.07 Å². The Labute approximate surface area is 93.7 Å². The molecule has 0 bridgehead atoms. The molecular formula is C12H12N2O2. The number of likely N-dealkylation sites (tertiary alicyclic amines) is 1. The molecule has 0 radical (unpaired) electrons. The normalized spacial score (nSPS) is 19.9. The minimum Gasteiger partial charge on any atom is -0.391 e. The fourth-order valence-corrected chi connectivity index (χ4v) is 1.81. The van der Waals surface area contributed by atoms with Crippen LogP contribution in [-0.2, 0) is 11.3 Å². The van der Waals surface area contributed by atoms with Crippen molar-refractivity contribution in [1.29, 1.82) is 5.26 Å². The quantitative estimate of drug-likeness (QED) is 0.789. The number of benzene rings is 1. The first-order valence-corrected chi connectivity index (χ1v) is 5.14. The van der Waals surface area contributed by atoms with Crippen LogP contribution in [0.3, 0.4) is 0 Å². The van der Waals surface area contributed by atoms with Crippen molar-refractivity contribution in [2.45, 2.75) is 19.1 Å². The van der Waals surface area contributed by atoms with Gasteiger partial charge in [0.1, 0.15) is 0 Å². The van der Waals surface area contributed by atoms with Crippen LogP contribution in [0.5, 0.6) is 0 Å². The first-order chi connectivity index (χ1) is 7.69. The van der Waals surface area contributed by atoms with Crippen molar-refractivity contribution in [3.63, 3.8) is 0 Å². The molecule has 0 aromatic heterocycles. The number of amides is 1. The number of nitrogens with zero attached hydrogens (tertiary/aromatic N) is 2. The summed E-state index contributed by atoms with van der Waals surface area (Å²) in [6.07, 6.45) is -0.318. The maximum Gasteiger partial charge on any atom is 0.225 e. The van der Waals surface area contributed by atoms with Gasteiger partial charge in [-0.3, -0.25) is 4.79 Å². The van der Waals surface area contributed by atoms with E-state index >= 15 is 0 Å². The minimum absolute atomic E-state index is 0.0168. The SMILES string of the molecule is N#Cc1ccc(CN2CC(O)CC2=O)cc1. The molecule has 1 saturated heterocycles. The van der Waals surface area contributed by atoms with E-state index in [9.17, 15) is 9.90 Å². The van der Waals surface area contributed by atoms with Crippen LogP contribution in [0, 0.1) is 11.3 Å². The summed E-state index contributed by atoms with van der Waals surface area (Å²) < 4.78 is 0. The third-order valence-electron chi connectivity index (χ3n) is 2.65. The van der Waals surface area contributed by atoms with Gasteiger partial charge in [0.05, 0.1) is 24.2 Å². The molecule has 1 aromatic rings. The van der Waals surface area contributed by atoms with Crippen LogP contribution in [0.25, 0.3) is 0 Å². The number of β-amino-alcohol motifs (C(OH)–C–C–N with tert-alkyl or cyclic N) is 1. The van der Waals surface area contributed by atoms with Gasteiger partial charge in [-0.25, -0.2) is 0 Å². The Hall–Kier alpha value is -1.86. The number of rotatable bonds is 2. The van der Waals surface area contributed by atoms with Crippen molar-refractivity contribution in [2.24, 2.45) is 0 Å². The van der Waals surface area contributed by atoms with E-state index in [4.69, 9.17) is 5.26 Å². The number of hydrogen-bond donors (Lipinski definition) is 1. The molecule has 0 saturated carbocycles. The molecule has 1 heterocycles. The standard InChI is InChI=1S/C12H12N2O2/c13-6-9-1-3-10(4-2-9)7-14-8-11(15)5-12(14)16/h1-4,11,15H,5,7-8H2. The molecule has 1 unspecified atom stereocenters. The van der Waals surface area contributed by atoms with Gasteiger partial charge in [-0.1, -0.05) is 12.1 Å². The molecule has 0 spiro atoms. The maximum absolute atomic E-state index is 11.4. The summed E-state index contributed by atoms with van der Waals surface area (Å²) in [6.45, 7) is 0.903. The predicted molar refractivity (Wildman–Crippen MR) is 57.2 cm³/mol. The van der Waals surface area contributed by atoms with Gasteiger partial charge in [0, 0.05) is 13.1 Å². The fraction of sp³-hybridized carbons (Fsp3) is 0.333. The first kappa shape index (κ1) is 10.7. The summed E-state index contributed by atoms with van der Waals surface area (Å²) in [6, 6.07) is 9.16. The lowest BCUT2D eigenvalue weighted by atomic mass is 10.1. The highest BCUT2D eigenvalue weighted by molar-refractivity contribution is 5.79. The van der Waals surface area contributed by atoms with E-state index in [1.165, 1.54) is 0 Å². The van der Waals surface area contributed by atoms with Gasteiger partial charge < -0.3 is 10.0 Å². The first-order valence-electron chi connectivity index (χ1n) is 5.14. The lowest BCUT2D eigenvalue weighted by molar-refractivity contribution is -0.128. The molecule has 4 nitrogen and oxygen atoms in total. The molecule has 1 fully saturated rings. The Bertz CT molecular complexity index is 433. The van der Waals surface area contributed by atoms with Crippen LogP contribution in [0.1, 0.15) is 17.5 Å². The average molecular weight is 216 g/mol. The third kappa shape index (κ3) is 2.20. The minimum atomic E-state index is -0.536. The molecule has 1 atom stereocenters. The second-order valence-corrected chi connectivity index (χ2v) is 3.94. The molecule has 16 heavy (non-hydrogen) atoms. The molecule has 1 N–H and O–H groups in total. The smallest absolute Gasteiger partial charge is 0.225 e. The monoisotopic (exact) mass is 216 g/mol. The summed E-state index contributed by atoms with van der Waals surface area (Å²) in [7, 11) is 0. The van der Waals surface area contributed by atoms with Crippen molar-refractivity contribution in [3.05, 3.63) is 35.4 Å². The molecule has 82 valence electrons. The summed E-state index contributed by atoms with van der Waals surface area (Å²) >= 11 is 0. The van der Waals surface area contributed by atoms with E-state index in [-0.39, 0.29) is 12.3 Å². The molecule has 4 heteroatoms. The number of carbonyl (C=O) groups excluding carboxylic acids is 1. The molecule has 1 amide bonds. The van der Waals surface area contributed by atoms with Gasteiger partial charge in [-0.05, 0) is 17.7 Å². The Kier molecular flexibility index (Phi) is 2.88. The van der Waals surface area contributed by atoms with Gasteiger partial charge >= 0.3 is 0 Å². The van der Waals surface area contributed by atoms with E-state index < -0.39 is 6.10 Å². The van der Waals surface area contributed by atoms with Gasteiger partial charge in [0.2, 0.25) is 5.91 Å². The number of aliphatic hydroxyl groups excluding tert-OH is 1. The molecule has 1 aliphatic rings. The third-order valence-corrected chi connectivity index (χ3v) is 2.65. The Balaban J connectivity index is 2.04. The summed E-state index contributed by atoms with van der Waals surface area (Å²) in [5.41, 5.74) is 1.58. The molecule has 1 aromatic carbocycles. The second kappa shape index (κ2) is 4.33. The van der Waals surface area contributed by atoms with Crippen LogP contribution in [0.4, 0.5) is 0 Å². The van der Waals surface area contributed by atoms with Gasteiger partial charge in [-0.15, -0.1) is 0 Å². The highest BCUT2D eigenvalue weighted by Crippen LogP contribution is 2.15. The fourth-order valence-electron chi connectivity index (χ4n) is 1.81. The molecular weight excluding hydrogens is 204 g/mol. The van der Waals surface area contributed by atoms with Gasteiger partial charge in [-0.2, -0.15) is 5.26 Å². The predicted octanol–water partition coefficient (Wildman–Crippen LogP) is 0.651. The highest BCUT2D eigenvalue weighted by Gasteiger charge is 2.27. The molecule has 0 aliphatic carbocycles. The zero-order valence-electron chi connectivity index (χ0n) is 8.76. The largest absolute Gasteiger partial charge is 0.391 e. The lowest BCUT2D eigenvalue weighted by Gasteiger charge is -2.15. The van der Waals surface area contributed by atoms with Gasteiger partial charge in [0.25, 0.3) is 0 Å². The Morgan fingerprint density at radius 3 is 2.62 bits per heavy atom. The highest BCUT2D eigenvalue weighted by atomic mass is 16.3. The van der Waals surface area contributed by atoms with Crippen molar-refractivity contribution in [2.75, 3.05) is 6.54 Å². The maximum atomic E-state index is 11.4. The van der Waals surface area contributed by atoms with Crippen molar-refractivity contribution < 1.29 is 9.90 Å². The van der Waals surface area contributed by atoms with Crippen molar-refractivity contribution >= 4 is 5.91 Å². The van der Waals surface area contributed by atoms with Crippen LogP contribution in [0.2, 0.25) is 0 Å². The van der Waals surface area contributed by atoms with Crippen LogP contribution in [0.15, 0.2) is 24.3 Å². The Morgan fingerprint density at radius 2 is 2.12 bits per heavy atom. The van der Waals surface area contributed by atoms with E-state index in [1.54, 1.807) is 17.0 Å². The van der Waals surface area contributed by atoms with Crippen molar-refractivity contribution in [1.82, 2.24) is 4.90 Å². The zero-order chi connectivity index (χ0) is 11.5. The summed E-state index contributed by atoms with van der Waals surface area (Å²) in [5.74, 6) is -0.0168. The van der Waals surface area contributed by atoms with E-state index in [0.29, 0.717) is 18.7 Å². The summed E-state index contributed by atoms with van der Waals surface area (Å²) in [4.78, 5) is 13.1. The second-order valence-electron chi connectivity index (χ2n) is 3.94. The topological polar surface area (TPSA) is 64.3 Å². The van der Waals surface area contributed by atoms with Crippen LogP contribution < -0.4 is 0 Å². The number of nitriles is 1. The number of carbonyl (C=O) groups is 1. The zero-order valence-corrected chi connectivity index (χ0v) is 8.76. The number of aliphatic hydroxyl groups is 1. The molecule has 1 aliphatic heterocycles. The Morgan fingerprint density at radius 1 is 1.44 bits per heavy atom. The lowest BCUT2D eigenvalue weighted by Crippen LogP contribution is -2.25. The average Bonchev–Trinajstić information content (AvgIpc) is 2.59.